The van der Waals surface area contributed by atoms with Gasteiger partial charge in [0, 0.05) is 21.8 Å². The Balaban J connectivity index is 0.00000163. The lowest BCUT2D eigenvalue weighted by Gasteiger charge is -2.14. The predicted molar refractivity (Wildman–Crippen MR) is 105 cm³/mol. The molecule has 0 aliphatic heterocycles. The van der Waals surface area contributed by atoms with E-state index in [0.717, 1.165) is 18.4 Å². The maximum absolute atomic E-state index is 11.5. The van der Waals surface area contributed by atoms with E-state index in [-0.39, 0.29) is 27.1 Å². The minimum atomic E-state index is -4.03. The quantitative estimate of drug-likeness (QED) is 0.647. The molecule has 0 fully saturated rings. The Morgan fingerprint density at radius 2 is 1.58 bits per heavy atom. The van der Waals surface area contributed by atoms with Gasteiger partial charge in [-0.15, -0.1) is 0 Å². The van der Waals surface area contributed by atoms with Gasteiger partial charge in [-0.1, -0.05) is 23.2 Å². The first-order chi connectivity index (χ1) is 12.0. The largest absolute Gasteiger partial charge is 0.680 e. The second-order valence-corrected chi connectivity index (χ2v) is 9.80. The molecule has 2 rings (SSSR count). The van der Waals surface area contributed by atoms with Gasteiger partial charge < -0.3 is 10.5 Å². The van der Waals surface area contributed by atoms with Crippen LogP contribution in [0.2, 0.25) is 10.0 Å². The van der Waals surface area contributed by atoms with E-state index >= 15 is 0 Å². The fraction of sp³-hybridized carbons (Fsp3) is 0.143. The number of sulfonamides is 1. The molecule has 0 saturated heterocycles. The van der Waals surface area contributed by atoms with Crippen LogP contribution in [0.4, 0.5) is 5.69 Å². The molecule has 0 spiro atoms. The summed E-state index contributed by atoms with van der Waals surface area (Å²) >= 11 is 11.8. The summed E-state index contributed by atoms with van der Waals surface area (Å²) in [4.78, 5) is -0.261. The summed E-state index contributed by atoms with van der Waals surface area (Å²) in [6, 6.07) is 7.83. The third-order valence-corrected chi connectivity index (χ3v) is 5.12. The zero-order valence-electron chi connectivity index (χ0n) is 13.5. The molecular formula is C14H14Cl3N2O5S2-. The summed E-state index contributed by atoms with van der Waals surface area (Å²) in [5, 5.41) is 0.533. The molecule has 0 radical (unpaired) electrons. The van der Waals surface area contributed by atoms with Gasteiger partial charge in [0.15, 0.2) is 5.75 Å². The maximum Gasteiger partial charge on any atom is 0.261 e. The molecule has 0 amide bonds. The first-order valence-electron chi connectivity index (χ1n) is 6.65. The zero-order valence-corrected chi connectivity index (χ0v) is 17.4. The van der Waals surface area contributed by atoms with Crippen LogP contribution in [-0.4, -0.2) is 30.1 Å². The van der Waals surface area contributed by atoms with Gasteiger partial charge in [0.25, 0.3) is 9.05 Å². The van der Waals surface area contributed by atoms with Gasteiger partial charge in [-0.2, -0.15) is 7.05 Å². The molecule has 12 heteroatoms. The van der Waals surface area contributed by atoms with E-state index < -0.39 is 19.1 Å². The second-order valence-electron chi connectivity index (χ2n) is 4.65. The average molecular weight is 461 g/mol. The number of nitrogens with one attached hydrogen (secondary N) is 2. The lowest BCUT2D eigenvalue weighted by molar-refractivity contribution is 0.483. The second kappa shape index (κ2) is 9.12. The van der Waals surface area contributed by atoms with Crippen molar-refractivity contribution in [1.29, 1.82) is 0 Å². The summed E-state index contributed by atoms with van der Waals surface area (Å²) in [5.74, 6) is 0.0631. The molecule has 0 atom stereocenters. The van der Waals surface area contributed by atoms with Crippen molar-refractivity contribution in [3.63, 3.8) is 0 Å². The molecule has 0 aromatic heterocycles. The molecule has 0 aliphatic rings. The van der Waals surface area contributed by atoms with Crippen LogP contribution >= 0.6 is 33.9 Å². The van der Waals surface area contributed by atoms with Gasteiger partial charge in [-0.3, -0.25) is 4.72 Å². The van der Waals surface area contributed by atoms with Crippen molar-refractivity contribution in [2.24, 2.45) is 0 Å². The van der Waals surface area contributed by atoms with E-state index in [1.807, 2.05) is 0 Å². The lowest BCUT2D eigenvalue weighted by Crippen LogP contribution is -2.10. The summed E-state index contributed by atoms with van der Waals surface area (Å²) in [5.41, 5.74) is 5.77. The average Bonchev–Trinajstić information content (AvgIpc) is 2.51. The number of hydrogen-bond donors (Lipinski definition) is 1. The summed E-state index contributed by atoms with van der Waals surface area (Å²) in [6.07, 6.45) is 0.943. The first-order valence-corrected chi connectivity index (χ1v) is 11.6. The summed E-state index contributed by atoms with van der Waals surface area (Å²) < 4.78 is 53.6. The minimum Gasteiger partial charge on any atom is -0.680 e. The topological polar surface area (TPSA) is 113 Å². The van der Waals surface area contributed by atoms with Crippen LogP contribution in [0.15, 0.2) is 41.3 Å². The van der Waals surface area contributed by atoms with Crippen molar-refractivity contribution in [3.8, 4) is 11.5 Å². The van der Waals surface area contributed by atoms with Gasteiger partial charge in [0.1, 0.15) is 5.75 Å². The Bertz CT molecular complexity index is 996. The third-order valence-electron chi connectivity index (χ3n) is 2.64. The Hall–Kier alpha value is -1.23. The van der Waals surface area contributed by atoms with Crippen molar-refractivity contribution in [2.45, 2.75) is 4.90 Å². The van der Waals surface area contributed by atoms with Gasteiger partial charge in [0.05, 0.1) is 21.9 Å². The lowest BCUT2D eigenvalue weighted by atomic mass is 10.3. The minimum absolute atomic E-state index is 0.0209. The van der Waals surface area contributed by atoms with E-state index in [4.69, 9.17) is 44.4 Å². The number of ether oxygens (including phenoxy) is 1. The molecule has 26 heavy (non-hydrogen) atoms. The molecule has 2 aromatic carbocycles. The van der Waals surface area contributed by atoms with Crippen LogP contribution in [0.3, 0.4) is 0 Å². The van der Waals surface area contributed by atoms with Crippen LogP contribution in [-0.2, 0) is 19.1 Å². The molecule has 0 bridgehead atoms. The van der Waals surface area contributed by atoms with E-state index in [1.165, 1.54) is 31.3 Å². The number of benzene rings is 2. The Morgan fingerprint density at radius 3 is 2.08 bits per heavy atom. The SMILES string of the molecule is CS(=O)(=O)Nc1ccc(S(=O)(=O)Cl)cc1Oc1ccc(Cl)cc1Cl.C[NH-]. The number of rotatable bonds is 5. The van der Waals surface area contributed by atoms with E-state index in [0.29, 0.717) is 5.02 Å². The molecule has 2 aromatic rings. The van der Waals surface area contributed by atoms with Gasteiger partial charge in [-0.05, 0) is 30.3 Å². The highest BCUT2D eigenvalue weighted by atomic mass is 35.7. The van der Waals surface area contributed by atoms with Gasteiger partial charge in [-0.25, -0.2) is 16.8 Å². The summed E-state index contributed by atoms with van der Waals surface area (Å²) in [6.45, 7) is 0. The molecule has 0 unspecified atom stereocenters. The molecule has 0 saturated carbocycles. The normalized spacial score (nSPS) is 11.3. The monoisotopic (exact) mass is 459 g/mol. The molecule has 2 N–H and O–H groups in total. The highest BCUT2D eigenvalue weighted by Crippen LogP contribution is 2.37. The molecule has 7 nitrogen and oxygen atoms in total. The molecule has 0 heterocycles. The van der Waals surface area contributed by atoms with Crippen molar-refractivity contribution in [2.75, 3.05) is 18.0 Å². The van der Waals surface area contributed by atoms with Crippen LogP contribution in [0, 0.1) is 0 Å². The standard InChI is InChI=1S/C13H10Cl3NO5S2.CH4N/c1-23(18,19)17-11-4-3-9(24(16,20)21)7-13(11)22-12-5-2-8(14)6-10(12)15;1-2/h2-7,17H,1H3;2H,1H3/q;-1. The van der Waals surface area contributed by atoms with Crippen LogP contribution in [0.5, 0.6) is 11.5 Å². The van der Waals surface area contributed by atoms with Crippen molar-refractivity contribution >= 4 is 58.6 Å². The van der Waals surface area contributed by atoms with E-state index in [1.54, 1.807) is 0 Å². The third kappa shape index (κ3) is 6.82. The van der Waals surface area contributed by atoms with Crippen LogP contribution in [0.25, 0.3) is 5.73 Å². The maximum atomic E-state index is 11.5. The van der Waals surface area contributed by atoms with E-state index in [9.17, 15) is 16.8 Å². The van der Waals surface area contributed by atoms with E-state index in [2.05, 4.69) is 4.72 Å². The van der Waals surface area contributed by atoms with Gasteiger partial charge in [0.2, 0.25) is 10.0 Å². The highest BCUT2D eigenvalue weighted by Gasteiger charge is 2.17. The molecule has 0 aliphatic carbocycles. The fourth-order valence-corrected chi connectivity index (χ4v) is 3.48. The Morgan fingerprint density at radius 1 is 0.962 bits per heavy atom. The van der Waals surface area contributed by atoms with Gasteiger partial charge >= 0.3 is 0 Å². The first kappa shape index (κ1) is 22.8. The van der Waals surface area contributed by atoms with Crippen LogP contribution in [0.1, 0.15) is 0 Å². The van der Waals surface area contributed by atoms with Crippen molar-refractivity contribution in [3.05, 3.63) is 52.2 Å². The Kier molecular flexibility index (Phi) is 8.00. The number of hydrogen-bond acceptors (Lipinski definition) is 5. The molecule has 144 valence electrons. The fourth-order valence-electron chi connectivity index (χ4n) is 1.70. The summed E-state index contributed by atoms with van der Waals surface area (Å²) in [7, 11) is -1.10. The highest BCUT2D eigenvalue weighted by molar-refractivity contribution is 8.13. The molecular weight excluding hydrogens is 447 g/mol. The van der Waals surface area contributed by atoms with Crippen molar-refractivity contribution in [1.82, 2.24) is 0 Å². The van der Waals surface area contributed by atoms with Crippen molar-refractivity contribution < 1.29 is 21.6 Å². The van der Waals surface area contributed by atoms with Crippen LogP contribution < -0.4 is 9.46 Å². The zero-order chi connectivity index (χ0) is 20.1. The Labute approximate surface area is 166 Å². The predicted octanol–water partition coefficient (Wildman–Crippen LogP) is 4.75. The number of halogens is 3. The smallest absolute Gasteiger partial charge is 0.261 e. The number of anilines is 1.